The van der Waals surface area contributed by atoms with Gasteiger partial charge in [0.15, 0.2) is 5.78 Å². The summed E-state index contributed by atoms with van der Waals surface area (Å²) >= 11 is 0. The van der Waals surface area contributed by atoms with Crippen LogP contribution in [0, 0.1) is 18.8 Å². The SMILES string of the molecule is CCOC(=O)CCCCC[C@H](O)C1C(=O)C=C[C@H]1CCCCCCc1ccc(C)cc1. The smallest absolute Gasteiger partial charge is 0.305 e. The summed E-state index contributed by atoms with van der Waals surface area (Å²) in [6.45, 7) is 4.34. The van der Waals surface area contributed by atoms with Crippen LogP contribution in [-0.4, -0.2) is 29.6 Å². The van der Waals surface area contributed by atoms with Crippen molar-refractivity contribution in [3.05, 3.63) is 47.5 Å². The topological polar surface area (TPSA) is 63.6 Å². The first-order valence-electron chi connectivity index (χ1n) is 12.1. The van der Waals surface area contributed by atoms with Crippen LogP contribution in [0.4, 0.5) is 0 Å². The first kappa shape index (κ1) is 25.3. The molecule has 1 aromatic carbocycles. The summed E-state index contributed by atoms with van der Waals surface area (Å²) in [5.74, 6) is -0.197. The Bertz CT molecular complexity index is 692. The highest BCUT2D eigenvalue weighted by Gasteiger charge is 2.35. The molecule has 1 N–H and O–H groups in total. The molecule has 1 unspecified atom stereocenters. The Morgan fingerprint density at radius 3 is 2.48 bits per heavy atom. The second kappa shape index (κ2) is 14.2. The lowest BCUT2D eigenvalue weighted by Gasteiger charge is -2.23. The minimum atomic E-state index is -0.586. The fourth-order valence-corrected chi connectivity index (χ4v) is 4.44. The van der Waals surface area contributed by atoms with E-state index in [4.69, 9.17) is 4.74 Å². The Labute approximate surface area is 188 Å². The Morgan fingerprint density at radius 1 is 1.03 bits per heavy atom. The number of allylic oxidation sites excluding steroid dienone is 2. The van der Waals surface area contributed by atoms with Crippen molar-refractivity contribution in [3.63, 3.8) is 0 Å². The number of unbranched alkanes of at least 4 members (excludes halogenated alkanes) is 5. The summed E-state index contributed by atoms with van der Waals surface area (Å²) in [6.07, 6.45) is 13.4. The van der Waals surface area contributed by atoms with Gasteiger partial charge >= 0.3 is 5.97 Å². The zero-order valence-electron chi connectivity index (χ0n) is 19.4. The van der Waals surface area contributed by atoms with E-state index in [-0.39, 0.29) is 23.6 Å². The number of esters is 1. The molecular weight excluding hydrogens is 388 g/mol. The first-order chi connectivity index (χ1) is 15.0. The molecule has 2 rings (SSSR count). The average molecular weight is 429 g/mol. The number of aliphatic hydroxyl groups excluding tert-OH is 1. The molecule has 0 saturated heterocycles. The van der Waals surface area contributed by atoms with Gasteiger partial charge in [-0.25, -0.2) is 0 Å². The fraction of sp³-hybridized carbons (Fsp3) is 0.630. The molecule has 0 fully saturated rings. The van der Waals surface area contributed by atoms with Crippen molar-refractivity contribution in [2.75, 3.05) is 6.61 Å². The van der Waals surface area contributed by atoms with Crippen molar-refractivity contribution >= 4 is 11.8 Å². The lowest BCUT2D eigenvalue weighted by Crippen LogP contribution is -2.30. The van der Waals surface area contributed by atoms with E-state index in [1.807, 2.05) is 13.0 Å². The van der Waals surface area contributed by atoms with Gasteiger partial charge in [0.05, 0.1) is 18.6 Å². The van der Waals surface area contributed by atoms with Crippen LogP contribution in [0.25, 0.3) is 0 Å². The summed E-state index contributed by atoms with van der Waals surface area (Å²) < 4.78 is 4.93. The predicted octanol–water partition coefficient (Wildman–Crippen LogP) is 5.73. The van der Waals surface area contributed by atoms with E-state index in [0.29, 0.717) is 19.4 Å². The van der Waals surface area contributed by atoms with Crippen molar-refractivity contribution in [2.24, 2.45) is 11.8 Å². The number of aryl methyl sites for hydroxylation is 2. The summed E-state index contributed by atoms with van der Waals surface area (Å²) in [4.78, 5) is 23.6. The van der Waals surface area contributed by atoms with E-state index in [1.54, 1.807) is 6.08 Å². The van der Waals surface area contributed by atoms with Crippen molar-refractivity contribution in [3.8, 4) is 0 Å². The van der Waals surface area contributed by atoms with E-state index >= 15 is 0 Å². The zero-order valence-corrected chi connectivity index (χ0v) is 19.4. The molecular formula is C27H40O4. The summed E-state index contributed by atoms with van der Waals surface area (Å²) in [5, 5.41) is 10.6. The quantitative estimate of drug-likeness (QED) is 0.286. The number of ether oxygens (including phenoxy) is 1. The lowest BCUT2D eigenvalue weighted by atomic mass is 9.83. The van der Waals surface area contributed by atoms with Gasteiger partial charge in [-0.2, -0.15) is 0 Å². The van der Waals surface area contributed by atoms with Crippen LogP contribution in [0.1, 0.15) is 82.3 Å². The summed E-state index contributed by atoms with van der Waals surface area (Å²) in [5.41, 5.74) is 2.71. The van der Waals surface area contributed by atoms with Gasteiger partial charge in [0.1, 0.15) is 0 Å². The third-order valence-corrected chi connectivity index (χ3v) is 6.27. The lowest BCUT2D eigenvalue weighted by molar-refractivity contribution is -0.143. The van der Waals surface area contributed by atoms with Gasteiger partial charge < -0.3 is 9.84 Å². The second-order valence-corrected chi connectivity index (χ2v) is 8.86. The summed E-state index contributed by atoms with van der Waals surface area (Å²) in [6, 6.07) is 8.77. The van der Waals surface area contributed by atoms with Crippen LogP contribution in [0.3, 0.4) is 0 Å². The highest BCUT2D eigenvalue weighted by atomic mass is 16.5. The molecule has 3 atom stereocenters. The van der Waals surface area contributed by atoms with E-state index in [2.05, 4.69) is 31.2 Å². The van der Waals surface area contributed by atoms with Gasteiger partial charge in [-0.15, -0.1) is 0 Å². The third-order valence-electron chi connectivity index (χ3n) is 6.27. The van der Waals surface area contributed by atoms with Gasteiger partial charge in [-0.3, -0.25) is 9.59 Å². The molecule has 0 bridgehead atoms. The number of benzene rings is 1. The molecule has 0 amide bonds. The molecule has 4 nitrogen and oxygen atoms in total. The van der Waals surface area contributed by atoms with Gasteiger partial charge in [0, 0.05) is 6.42 Å². The maximum Gasteiger partial charge on any atom is 0.305 e. The van der Waals surface area contributed by atoms with Crippen LogP contribution in [-0.2, 0) is 20.7 Å². The van der Waals surface area contributed by atoms with E-state index in [1.165, 1.54) is 30.4 Å². The minimum Gasteiger partial charge on any atom is -0.466 e. The minimum absolute atomic E-state index is 0.0726. The normalized spacial score (nSPS) is 19.0. The predicted molar refractivity (Wildman–Crippen MR) is 125 cm³/mol. The monoisotopic (exact) mass is 428 g/mol. The summed E-state index contributed by atoms with van der Waals surface area (Å²) in [7, 11) is 0. The Morgan fingerprint density at radius 2 is 1.74 bits per heavy atom. The van der Waals surface area contributed by atoms with Crippen molar-refractivity contribution in [2.45, 2.75) is 90.6 Å². The molecule has 172 valence electrons. The van der Waals surface area contributed by atoms with Gasteiger partial charge in [-0.1, -0.05) is 68.0 Å². The largest absolute Gasteiger partial charge is 0.466 e. The van der Waals surface area contributed by atoms with E-state index in [9.17, 15) is 14.7 Å². The number of aliphatic hydroxyl groups is 1. The molecule has 4 heteroatoms. The fourth-order valence-electron chi connectivity index (χ4n) is 4.44. The second-order valence-electron chi connectivity index (χ2n) is 8.86. The van der Waals surface area contributed by atoms with E-state index in [0.717, 1.165) is 38.5 Å². The molecule has 1 aliphatic rings. The first-order valence-corrected chi connectivity index (χ1v) is 12.1. The Hall–Kier alpha value is -1.94. The highest BCUT2D eigenvalue weighted by Crippen LogP contribution is 2.32. The molecule has 0 saturated carbocycles. The van der Waals surface area contributed by atoms with Gasteiger partial charge in [0.2, 0.25) is 0 Å². The number of hydrogen-bond donors (Lipinski definition) is 1. The maximum atomic E-state index is 12.3. The van der Waals surface area contributed by atoms with Crippen molar-refractivity contribution < 1.29 is 19.4 Å². The van der Waals surface area contributed by atoms with Crippen LogP contribution in [0.15, 0.2) is 36.4 Å². The van der Waals surface area contributed by atoms with Gasteiger partial charge in [-0.05, 0) is 63.5 Å². The number of hydrogen-bond acceptors (Lipinski definition) is 4. The molecule has 0 radical (unpaired) electrons. The van der Waals surface area contributed by atoms with Crippen LogP contribution < -0.4 is 0 Å². The van der Waals surface area contributed by atoms with Crippen LogP contribution in [0.2, 0.25) is 0 Å². The number of carbonyl (C=O) groups is 2. The molecule has 0 spiro atoms. The molecule has 0 heterocycles. The third kappa shape index (κ3) is 9.39. The molecule has 31 heavy (non-hydrogen) atoms. The maximum absolute atomic E-state index is 12.3. The van der Waals surface area contributed by atoms with Gasteiger partial charge in [0.25, 0.3) is 0 Å². The zero-order chi connectivity index (χ0) is 22.5. The number of ketones is 1. The highest BCUT2D eigenvalue weighted by molar-refractivity contribution is 5.95. The molecule has 0 aliphatic heterocycles. The van der Waals surface area contributed by atoms with Crippen LogP contribution >= 0.6 is 0 Å². The van der Waals surface area contributed by atoms with Crippen LogP contribution in [0.5, 0.6) is 0 Å². The van der Waals surface area contributed by atoms with Crippen molar-refractivity contribution in [1.82, 2.24) is 0 Å². The number of rotatable bonds is 15. The van der Waals surface area contributed by atoms with Crippen molar-refractivity contribution in [1.29, 1.82) is 0 Å². The Kier molecular flexibility index (Phi) is 11.6. The molecule has 1 aliphatic carbocycles. The number of carbonyl (C=O) groups excluding carboxylic acids is 2. The Balaban J connectivity index is 1.59. The van der Waals surface area contributed by atoms with E-state index < -0.39 is 6.10 Å². The molecule has 0 aromatic heterocycles. The standard InChI is InChI=1S/C27H40O4/c1-3-31-26(30)14-10-6-9-13-24(28)27-23(19-20-25(27)29)12-8-5-4-7-11-22-17-15-21(2)16-18-22/h15-20,23-24,27-28H,3-14H2,1-2H3/t23-,24+,27?/m1/s1. The average Bonchev–Trinajstić information content (AvgIpc) is 3.12. The molecule has 1 aromatic rings.